The number of aromatic hydroxyl groups is 2. The standard InChI is InChI=1S/C60H54Ge2N2O2/c1-61(2,3)43-19-27-47(28-20-43)63(49-31-35-51(65)36-32-49)45-23-15-41(16-24-45)57-39-59-56-14-10-8-12-54(56)58(40-60(59)55-13-9-7-11-53(55)57)42-17-25-46(26-18-42)64(50-33-37-52(66)38-34-50)48-29-21-44(22-30-48)62(4,5)6/h7-40,65-66H,1-6H3. The van der Waals surface area contributed by atoms with Gasteiger partial charge in [-0.2, -0.15) is 0 Å². The van der Waals surface area contributed by atoms with E-state index in [0.717, 1.165) is 45.3 Å². The number of rotatable bonds is 10. The molecular formula is C60H54Ge2N2O2. The molecule has 0 radical (unpaired) electrons. The number of nitrogens with zero attached hydrogens (tertiary/aromatic N) is 2. The molecule has 0 atom stereocenters. The molecular weight excluding hydrogens is 926 g/mol. The second-order valence-corrected chi connectivity index (χ2v) is 40.7. The minimum absolute atomic E-state index is 0.249. The van der Waals surface area contributed by atoms with Crippen molar-refractivity contribution in [3.8, 4) is 33.8 Å². The van der Waals surface area contributed by atoms with Crippen LogP contribution in [0.15, 0.2) is 206 Å². The summed E-state index contributed by atoms with van der Waals surface area (Å²) in [5.41, 5.74) is 10.9. The summed E-state index contributed by atoms with van der Waals surface area (Å²) in [6.07, 6.45) is 0. The van der Waals surface area contributed by atoms with Crippen LogP contribution < -0.4 is 18.6 Å². The normalized spacial score (nSPS) is 11.9. The molecule has 0 heterocycles. The summed E-state index contributed by atoms with van der Waals surface area (Å²) >= 11 is -4.01. The zero-order valence-electron chi connectivity index (χ0n) is 38.4. The Bertz CT molecular complexity index is 3130. The predicted molar refractivity (Wildman–Crippen MR) is 288 cm³/mol. The second-order valence-electron chi connectivity index (χ2n) is 19.4. The number of fused-ring (bicyclic) bond motifs is 5. The molecule has 0 saturated heterocycles. The number of hydrogen-bond acceptors (Lipinski definition) is 4. The summed E-state index contributed by atoms with van der Waals surface area (Å²) in [5, 5.41) is 27.7. The number of anilines is 6. The van der Waals surface area contributed by atoms with Crippen LogP contribution in [0.5, 0.6) is 11.5 Å². The Labute approximate surface area is 393 Å². The molecule has 66 heavy (non-hydrogen) atoms. The Morgan fingerprint density at radius 2 is 0.545 bits per heavy atom. The van der Waals surface area contributed by atoms with Gasteiger partial charge in [-0.15, -0.1) is 0 Å². The fourth-order valence-corrected chi connectivity index (χ4v) is 14.2. The average Bonchev–Trinajstić information content (AvgIpc) is 3.33. The molecule has 2 N–H and O–H groups in total. The molecule has 0 saturated carbocycles. The number of hydrogen-bond donors (Lipinski definition) is 2. The Morgan fingerprint density at radius 1 is 0.288 bits per heavy atom. The third-order valence-corrected chi connectivity index (χ3v) is 21.6. The van der Waals surface area contributed by atoms with Crippen molar-refractivity contribution in [1.29, 1.82) is 0 Å². The van der Waals surface area contributed by atoms with Crippen molar-refractivity contribution < 1.29 is 10.2 Å². The SMILES string of the molecule is [CH3][Ge]([CH3])([CH3])[c]1ccc(N(c2ccc(O)cc2)c2ccc(-c3cc4c5ccccc5c(-c5ccc(N(c6ccc(O)cc6)c6cc[c]([Ge]([CH3])([CH3])[CH3])cc6)cc5)cc4c4ccccc34)cc2)cc1. The third kappa shape index (κ3) is 8.36. The fraction of sp³-hybridized carbons (Fsp3) is 0.100. The molecule has 0 bridgehead atoms. The first kappa shape index (κ1) is 43.2. The molecule has 0 amide bonds. The van der Waals surface area contributed by atoms with Crippen molar-refractivity contribution in [3.05, 3.63) is 206 Å². The Balaban J connectivity index is 1.05. The van der Waals surface area contributed by atoms with Crippen LogP contribution in [0.3, 0.4) is 0 Å². The van der Waals surface area contributed by atoms with E-state index in [2.05, 4.69) is 202 Å². The first-order valence-electron chi connectivity index (χ1n) is 22.8. The number of benzene rings is 10. The van der Waals surface area contributed by atoms with Gasteiger partial charge in [-0.3, -0.25) is 0 Å². The fourth-order valence-electron chi connectivity index (χ4n) is 9.33. The van der Waals surface area contributed by atoms with Crippen molar-refractivity contribution in [2.45, 2.75) is 34.5 Å². The zero-order valence-corrected chi connectivity index (χ0v) is 42.6. The van der Waals surface area contributed by atoms with E-state index in [4.69, 9.17) is 0 Å². The summed E-state index contributed by atoms with van der Waals surface area (Å²) in [4.78, 5) is 4.53. The van der Waals surface area contributed by atoms with Crippen LogP contribution in [0, 0.1) is 0 Å². The molecule has 6 heteroatoms. The quantitative estimate of drug-likeness (QED) is 0.106. The van der Waals surface area contributed by atoms with Gasteiger partial charge in [-0.1, -0.05) is 36.4 Å². The molecule has 10 aromatic carbocycles. The van der Waals surface area contributed by atoms with Crippen LogP contribution in [0.4, 0.5) is 34.1 Å². The number of phenolic OH excluding ortho intramolecular Hbond substituents is 2. The van der Waals surface area contributed by atoms with Gasteiger partial charge in [0.05, 0.1) is 0 Å². The van der Waals surface area contributed by atoms with E-state index in [9.17, 15) is 10.2 Å². The maximum atomic E-state index is 10.2. The molecule has 324 valence electrons. The summed E-state index contributed by atoms with van der Waals surface area (Å²) in [6, 6.07) is 73.3. The molecule has 0 aliphatic rings. The summed E-state index contributed by atoms with van der Waals surface area (Å²) in [7, 11) is 0. The van der Waals surface area contributed by atoms with Gasteiger partial charge in [0.1, 0.15) is 0 Å². The van der Waals surface area contributed by atoms with E-state index in [1.807, 2.05) is 24.3 Å². The van der Waals surface area contributed by atoms with Gasteiger partial charge in [-0.25, -0.2) is 0 Å². The van der Waals surface area contributed by atoms with Gasteiger partial charge in [0.25, 0.3) is 0 Å². The molecule has 10 rings (SSSR count). The van der Waals surface area contributed by atoms with Gasteiger partial charge in [-0.05, 0) is 0 Å². The molecule has 0 aliphatic carbocycles. The molecule has 4 nitrogen and oxygen atoms in total. The van der Waals surface area contributed by atoms with Crippen LogP contribution in [0.1, 0.15) is 0 Å². The number of phenols is 2. The topological polar surface area (TPSA) is 46.9 Å². The molecule has 0 fully saturated rings. The predicted octanol–water partition coefficient (Wildman–Crippen LogP) is 15.9. The molecule has 0 unspecified atom stereocenters. The van der Waals surface area contributed by atoms with E-state index in [1.54, 1.807) is 24.3 Å². The van der Waals surface area contributed by atoms with Crippen LogP contribution in [0.2, 0.25) is 34.5 Å². The molecule has 0 aliphatic heterocycles. The summed E-state index contributed by atoms with van der Waals surface area (Å²) in [5.74, 6) is 15.0. The van der Waals surface area contributed by atoms with E-state index < -0.39 is 26.5 Å². The van der Waals surface area contributed by atoms with Crippen LogP contribution in [-0.4, -0.2) is 36.7 Å². The van der Waals surface area contributed by atoms with Crippen LogP contribution in [-0.2, 0) is 0 Å². The Kier molecular flexibility index (Phi) is 11.3. The Morgan fingerprint density at radius 3 is 0.833 bits per heavy atom. The summed E-state index contributed by atoms with van der Waals surface area (Å²) in [6.45, 7) is 0. The van der Waals surface area contributed by atoms with Crippen molar-refractivity contribution in [3.63, 3.8) is 0 Å². The van der Waals surface area contributed by atoms with Crippen molar-refractivity contribution in [1.82, 2.24) is 0 Å². The Hall–Kier alpha value is -6.73. The van der Waals surface area contributed by atoms with Crippen molar-refractivity contribution in [2.75, 3.05) is 9.80 Å². The first-order valence-corrected chi connectivity index (χ1v) is 37.5. The molecule has 10 aromatic rings. The monoisotopic (exact) mass is 982 g/mol. The van der Waals surface area contributed by atoms with Gasteiger partial charge in [0.15, 0.2) is 0 Å². The molecule has 0 spiro atoms. The van der Waals surface area contributed by atoms with Gasteiger partial charge >= 0.3 is 360 Å². The average molecular weight is 980 g/mol. The van der Waals surface area contributed by atoms with Crippen molar-refractivity contribution >= 4 is 102 Å². The van der Waals surface area contributed by atoms with E-state index in [1.165, 1.54) is 52.2 Å². The summed E-state index contributed by atoms with van der Waals surface area (Å²) < 4.78 is 2.93. The van der Waals surface area contributed by atoms with Gasteiger partial charge in [0.2, 0.25) is 0 Å². The van der Waals surface area contributed by atoms with Crippen LogP contribution in [0.25, 0.3) is 54.6 Å². The van der Waals surface area contributed by atoms with E-state index in [-0.39, 0.29) is 11.5 Å². The second kappa shape index (κ2) is 17.2. The zero-order chi connectivity index (χ0) is 45.7. The van der Waals surface area contributed by atoms with Gasteiger partial charge in [0, 0.05) is 0 Å². The van der Waals surface area contributed by atoms with Crippen LogP contribution >= 0.6 is 0 Å². The molecule has 0 aromatic heterocycles. The third-order valence-electron chi connectivity index (χ3n) is 13.0. The van der Waals surface area contributed by atoms with E-state index in [0.29, 0.717) is 0 Å². The first-order chi connectivity index (χ1) is 31.8. The minimum atomic E-state index is -2.01. The maximum absolute atomic E-state index is 10.2. The van der Waals surface area contributed by atoms with Gasteiger partial charge < -0.3 is 0 Å². The van der Waals surface area contributed by atoms with Crippen molar-refractivity contribution in [2.24, 2.45) is 0 Å². The van der Waals surface area contributed by atoms with E-state index >= 15 is 0 Å².